The molecule has 1 heterocycles. The van der Waals surface area contributed by atoms with Crippen molar-refractivity contribution in [1.82, 2.24) is 15.1 Å². The zero-order chi connectivity index (χ0) is 17.4. The lowest BCUT2D eigenvalue weighted by molar-refractivity contribution is -0.129. The van der Waals surface area contributed by atoms with Crippen LogP contribution in [0, 0.1) is 6.92 Å². The minimum absolute atomic E-state index is 0.0350. The van der Waals surface area contributed by atoms with E-state index in [-0.39, 0.29) is 11.8 Å². The summed E-state index contributed by atoms with van der Waals surface area (Å²) in [5.74, 6) is -0.0699. The molecule has 24 heavy (non-hydrogen) atoms. The van der Waals surface area contributed by atoms with E-state index in [1.54, 1.807) is 11.8 Å². The van der Waals surface area contributed by atoms with Crippen molar-refractivity contribution in [2.24, 2.45) is 0 Å². The van der Waals surface area contributed by atoms with Crippen molar-refractivity contribution >= 4 is 11.8 Å². The Morgan fingerprint density at radius 3 is 2.46 bits per heavy atom. The third-order valence-corrected chi connectivity index (χ3v) is 4.22. The van der Waals surface area contributed by atoms with E-state index >= 15 is 0 Å². The van der Waals surface area contributed by atoms with Crippen molar-refractivity contribution in [1.29, 1.82) is 0 Å². The molecular weight excluding hydrogens is 306 g/mol. The van der Waals surface area contributed by atoms with E-state index < -0.39 is 0 Å². The summed E-state index contributed by atoms with van der Waals surface area (Å²) in [6.45, 7) is 9.39. The highest BCUT2D eigenvalue weighted by molar-refractivity contribution is 5.94. The molecule has 1 aliphatic rings. The van der Waals surface area contributed by atoms with E-state index in [4.69, 9.17) is 4.74 Å². The molecule has 0 saturated carbocycles. The Morgan fingerprint density at radius 1 is 1.17 bits per heavy atom. The van der Waals surface area contributed by atoms with Gasteiger partial charge in [0.2, 0.25) is 5.91 Å². The van der Waals surface area contributed by atoms with Crippen LogP contribution in [0.3, 0.4) is 0 Å². The highest BCUT2D eigenvalue weighted by Gasteiger charge is 2.14. The van der Waals surface area contributed by atoms with Crippen molar-refractivity contribution in [3.8, 4) is 0 Å². The predicted molar refractivity (Wildman–Crippen MR) is 93.0 cm³/mol. The van der Waals surface area contributed by atoms with Crippen LogP contribution < -0.4 is 5.32 Å². The van der Waals surface area contributed by atoms with Gasteiger partial charge in [0.1, 0.15) is 0 Å². The molecule has 132 valence electrons. The summed E-state index contributed by atoms with van der Waals surface area (Å²) in [5, 5.41) is 2.88. The minimum atomic E-state index is -0.105. The van der Waals surface area contributed by atoms with Crippen LogP contribution in [0.4, 0.5) is 0 Å². The molecule has 1 N–H and O–H groups in total. The van der Waals surface area contributed by atoms with Gasteiger partial charge in [0, 0.05) is 51.8 Å². The molecule has 0 spiro atoms. The first-order valence-electron chi connectivity index (χ1n) is 8.47. The van der Waals surface area contributed by atoms with Gasteiger partial charge >= 0.3 is 0 Å². The Hall–Kier alpha value is -1.92. The number of nitrogens with zero attached hydrogens (tertiary/aromatic N) is 2. The summed E-state index contributed by atoms with van der Waals surface area (Å²) < 4.78 is 5.32. The van der Waals surface area contributed by atoms with Crippen LogP contribution in [-0.4, -0.2) is 74.1 Å². The Morgan fingerprint density at radius 2 is 1.83 bits per heavy atom. The molecule has 0 atom stereocenters. The zero-order valence-electron chi connectivity index (χ0n) is 14.6. The molecule has 1 saturated heterocycles. The number of hydrogen-bond acceptors (Lipinski definition) is 4. The number of rotatable bonds is 7. The van der Waals surface area contributed by atoms with Crippen LogP contribution in [0.25, 0.3) is 0 Å². The monoisotopic (exact) mass is 333 g/mol. The molecule has 1 aromatic rings. The van der Waals surface area contributed by atoms with Crippen molar-refractivity contribution in [3.63, 3.8) is 0 Å². The summed E-state index contributed by atoms with van der Waals surface area (Å²) >= 11 is 0. The largest absolute Gasteiger partial charge is 0.379 e. The first-order chi connectivity index (χ1) is 11.6. The maximum atomic E-state index is 12.1. The number of benzene rings is 1. The van der Waals surface area contributed by atoms with Gasteiger partial charge in [0.15, 0.2) is 0 Å². The lowest BCUT2D eigenvalue weighted by atomic mass is 10.1. The Bertz CT molecular complexity index is 539. The molecular formula is C18H27N3O3. The Kier molecular flexibility index (Phi) is 7.21. The lowest BCUT2D eigenvalue weighted by Gasteiger charge is -2.29. The van der Waals surface area contributed by atoms with Crippen LogP contribution in [0.1, 0.15) is 22.8 Å². The zero-order valence-corrected chi connectivity index (χ0v) is 14.6. The SMILES string of the molecule is CC(=O)N(CCNC(=O)c1ccc(C)cc1)CCN1CCOCC1. The number of aryl methyl sites for hydroxylation is 1. The first-order valence-corrected chi connectivity index (χ1v) is 8.47. The second-order valence-corrected chi connectivity index (χ2v) is 6.08. The van der Waals surface area contributed by atoms with Crippen molar-refractivity contribution in [3.05, 3.63) is 35.4 Å². The highest BCUT2D eigenvalue weighted by atomic mass is 16.5. The van der Waals surface area contributed by atoms with Gasteiger partial charge < -0.3 is 15.0 Å². The summed E-state index contributed by atoms with van der Waals surface area (Å²) in [4.78, 5) is 27.9. The van der Waals surface area contributed by atoms with Crippen LogP contribution in [-0.2, 0) is 9.53 Å². The Labute approximate surface area is 143 Å². The molecule has 6 nitrogen and oxygen atoms in total. The molecule has 0 radical (unpaired) electrons. The van der Waals surface area contributed by atoms with Gasteiger partial charge in [-0.15, -0.1) is 0 Å². The van der Waals surface area contributed by atoms with Crippen molar-refractivity contribution in [2.45, 2.75) is 13.8 Å². The van der Waals surface area contributed by atoms with E-state index in [0.29, 0.717) is 25.2 Å². The number of morpholine rings is 1. The molecule has 1 aliphatic heterocycles. The van der Waals surface area contributed by atoms with Gasteiger partial charge in [0.05, 0.1) is 13.2 Å². The second-order valence-electron chi connectivity index (χ2n) is 6.08. The summed E-state index contributed by atoms with van der Waals surface area (Å²) in [6, 6.07) is 7.45. The first kappa shape index (κ1) is 18.4. The van der Waals surface area contributed by atoms with Crippen LogP contribution in [0.15, 0.2) is 24.3 Å². The molecule has 0 aromatic heterocycles. The summed E-state index contributed by atoms with van der Waals surface area (Å²) in [6.07, 6.45) is 0. The number of carbonyl (C=O) groups excluding carboxylic acids is 2. The van der Waals surface area contributed by atoms with E-state index in [0.717, 1.165) is 38.4 Å². The van der Waals surface area contributed by atoms with Crippen LogP contribution >= 0.6 is 0 Å². The quantitative estimate of drug-likeness (QED) is 0.805. The Balaban J connectivity index is 1.73. The van der Waals surface area contributed by atoms with Crippen LogP contribution in [0.2, 0.25) is 0 Å². The predicted octanol–water partition coefficient (Wildman–Crippen LogP) is 0.906. The molecule has 0 bridgehead atoms. The van der Waals surface area contributed by atoms with Crippen molar-refractivity contribution < 1.29 is 14.3 Å². The number of hydrogen-bond donors (Lipinski definition) is 1. The molecule has 2 rings (SSSR count). The second kappa shape index (κ2) is 9.39. The maximum absolute atomic E-state index is 12.1. The summed E-state index contributed by atoms with van der Waals surface area (Å²) in [7, 11) is 0. The number of nitrogens with one attached hydrogen (secondary N) is 1. The summed E-state index contributed by atoms with van der Waals surface area (Å²) in [5.41, 5.74) is 1.76. The van der Waals surface area contributed by atoms with E-state index in [9.17, 15) is 9.59 Å². The fraction of sp³-hybridized carbons (Fsp3) is 0.556. The normalized spacial score (nSPS) is 15.1. The molecule has 2 amide bonds. The third kappa shape index (κ3) is 5.94. The highest BCUT2D eigenvalue weighted by Crippen LogP contribution is 2.03. The molecule has 1 fully saturated rings. The maximum Gasteiger partial charge on any atom is 0.251 e. The molecule has 6 heteroatoms. The van der Waals surface area contributed by atoms with Gasteiger partial charge in [-0.25, -0.2) is 0 Å². The molecule has 1 aromatic carbocycles. The average molecular weight is 333 g/mol. The fourth-order valence-corrected chi connectivity index (χ4v) is 2.62. The van der Waals surface area contributed by atoms with E-state index in [1.807, 2.05) is 31.2 Å². The van der Waals surface area contributed by atoms with Gasteiger partial charge in [-0.3, -0.25) is 14.5 Å². The average Bonchev–Trinajstić information content (AvgIpc) is 2.59. The van der Waals surface area contributed by atoms with Crippen LogP contribution in [0.5, 0.6) is 0 Å². The van der Waals surface area contributed by atoms with Crippen molar-refractivity contribution in [2.75, 3.05) is 52.5 Å². The van der Waals surface area contributed by atoms with Gasteiger partial charge in [0.25, 0.3) is 5.91 Å². The third-order valence-electron chi connectivity index (χ3n) is 4.22. The van der Waals surface area contributed by atoms with Gasteiger partial charge in [-0.05, 0) is 19.1 Å². The van der Waals surface area contributed by atoms with E-state index in [2.05, 4.69) is 10.2 Å². The van der Waals surface area contributed by atoms with Gasteiger partial charge in [-0.2, -0.15) is 0 Å². The number of ether oxygens (including phenoxy) is 1. The topological polar surface area (TPSA) is 61.9 Å². The smallest absolute Gasteiger partial charge is 0.251 e. The number of carbonyl (C=O) groups is 2. The lowest BCUT2D eigenvalue weighted by Crippen LogP contribution is -2.44. The van der Waals surface area contributed by atoms with Gasteiger partial charge in [-0.1, -0.05) is 17.7 Å². The fourth-order valence-electron chi connectivity index (χ4n) is 2.62. The standard InChI is InChI=1S/C18H27N3O3/c1-15-3-5-17(6-4-15)18(23)19-7-8-21(16(2)22)10-9-20-11-13-24-14-12-20/h3-6H,7-14H2,1-2H3,(H,19,23). The van der Waals surface area contributed by atoms with E-state index in [1.165, 1.54) is 0 Å². The molecule has 0 unspecified atom stereocenters. The molecule has 0 aliphatic carbocycles. The minimum Gasteiger partial charge on any atom is -0.379 e. The number of amides is 2.